The molecular formula is C16H16F3N3S. The van der Waals surface area contributed by atoms with Crippen LogP contribution in [0.2, 0.25) is 0 Å². The first-order chi connectivity index (χ1) is 10.9. The summed E-state index contributed by atoms with van der Waals surface area (Å²) < 4.78 is 36.8. The summed E-state index contributed by atoms with van der Waals surface area (Å²) >= 11 is -0.0808. The Balaban J connectivity index is 2.28. The Morgan fingerprint density at radius 1 is 1.26 bits per heavy atom. The van der Waals surface area contributed by atoms with Crippen LogP contribution in [0.15, 0.2) is 47.6 Å². The van der Waals surface area contributed by atoms with E-state index in [1.807, 2.05) is 36.2 Å². The topological polar surface area (TPSA) is 28.5 Å². The highest BCUT2D eigenvalue weighted by molar-refractivity contribution is 7.99. The molecule has 2 rings (SSSR count). The molecule has 1 aromatic carbocycles. The standard InChI is InChI=1S/C16H16F3N3S/c1-3-8-22(11-20-2)14-6-7-15-12(9-14)4-5-13(21-15)10-23-16(17,18)19/h3-9,11H,10H2,1-2H3/b8-3+,20-11?. The third kappa shape index (κ3) is 4.99. The molecule has 0 aliphatic heterocycles. The number of hydrogen-bond acceptors (Lipinski definition) is 3. The minimum atomic E-state index is -4.24. The van der Waals surface area contributed by atoms with Gasteiger partial charge in [-0.3, -0.25) is 9.98 Å². The first-order valence-corrected chi connectivity index (χ1v) is 7.85. The normalized spacial score (nSPS) is 12.6. The Hall–Kier alpha value is -2.02. The summed E-state index contributed by atoms with van der Waals surface area (Å²) in [5, 5.41) is 0.863. The lowest BCUT2D eigenvalue weighted by Gasteiger charge is -2.15. The summed E-state index contributed by atoms with van der Waals surface area (Å²) in [6, 6.07) is 8.99. The molecule has 0 radical (unpaired) electrons. The van der Waals surface area contributed by atoms with E-state index >= 15 is 0 Å². The number of anilines is 1. The van der Waals surface area contributed by atoms with Gasteiger partial charge in [0.1, 0.15) is 0 Å². The van der Waals surface area contributed by atoms with Crippen LogP contribution < -0.4 is 4.90 Å². The molecule has 0 fully saturated rings. The summed E-state index contributed by atoms with van der Waals surface area (Å²) in [7, 11) is 1.68. The number of hydrogen-bond donors (Lipinski definition) is 0. The number of halogens is 3. The molecule has 0 atom stereocenters. The zero-order valence-corrected chi connectivity index (χ0v) is 13.5. The minimum Gasteiger partial charge on any atom is -0.309 e. The second-order valence-corrected chi connectivity index (χ2v) is 5.72. The molecule has 3 nitrogen and oxygen atoms in total. The number of allylic oxidation sites excluding steroid dienone is 1. The molecule has 2 aromatic rings. The summed E-state index contributed by atoms with van der Waals surface area (Å²) in [5.41, 5.74) is -2.26. The molecule has 23 heavy (non-hydrogen) atoms. The smallest absolute Gasteiger partial charge is 0.309 e. The van der Waals surface area contributed by atoms with Gasteiger partial charge < -0.3 is 4.90 Å². The van der Waals surface area contributed by atoms with E-state index in [0.29, 0.717) is 11.2 Å². The third-order valence-electron chi connectivity index (χ3n) is 2.96. The monoisotopic (exact) mass is 339 g/mol. The van der Waals surface area contributed by atoms with Crippen molar-refractivity contribution in [3.05, 3.63) is 48.3 Å². The van der Waals surface area contributed by atoms with Crippen molar-refractivity contribution >= 4 is 34.7 Å². The van der Waals surface area contributed by atoms with E-state index in [1.54, 1.807) is 31.6 Å². The predicted octanol–water partition coefficient (Wildman–Crippen LogP) is 4.99. The molecule has 0 saturated heterocycles. The fraction of sp³-hybridized carbons (Fsp3) is 0.250. The fourth-order valence-electron chi connectivity index (χ4n) is 2.03. The van der Waals surface area contributed by atoms with Gasteiger partial charge in [0.15, 0.2) is 0 Å². The molecule has 1 heterocycles. The highest BCUT2D eigenvalue weighted by Gasteiger charge is 2.28. The minimum absolute atomic E-state index is 0.0808. The van der Waals surface area contributed by atoms with Gasteiger partial charge in [-0.05, 0) is 43.0 Å². The van der Waals surface area contributed by atoms with E-state index in [0.717, 1.165) is 11.1 Å². The predicted molar refractivity (Wildman–Crippen MR) is 90.8 cm³/mol. The lowest BCUT2D eigenvalue weighted by atomic mass is 10.2. The van der Waals surface area contributed by atoms with Crippen LogP contribution in [-0.4, -0.2) is 23.9 Å². The lowest BCUT2D eigenvalue weighted by Crippen LogP contribution is -2.12. The Labute approximate surface area is 136 Å². The average molecular weight is 339 g/mol. The van der Waals surface area contributed by atoms with Crippen LogP contribution in [0, 0.1) is 0 Å². The first-order valence-electron chi connectivity index (χ1n) is 6.87. The number of nitrogens with zero attached hydrogens (tertiary/aromatic N) is 3. The van der Waals surface area contributed by atoms with Crippen LogP contribution in [0.1, 0.15) is 12.6 Å². The Kier molecular flexibility index (Phi) is 5.65. The Morgan fingerprint density at radius 3 is 2.70 bits per heavy atom. The van der Waals surface area contributed by atoms with Gasteiger partial charge >= 0.3 is 5.51 Å². The van der Waals surface area contributed by atoms with Crippen LogP contribution in [0.4, 0.5) is 18.9 Å². The van der Waals surface area contributed by atoms with Crippen molar-refractivity contribution in [2.45, 2.75) is 18.2 Å². The number of rotatable bonds is 5. The molecule has 0 aliphatic rings. The van der Waals surface area contributed by atoms with Gasteiger partial charge in [0.05, 0.1) is 17.5 Å². The van der Waals surface area contributed by atoms with Gasteiger partial charge in [-0.25, -0.2) is 0 Å². The number of fused-ring (bicyclic) bond motifs is 1. The second kappa shape index (κ2) is 7.50. The zero-order valence-electron chi connectivity index (χ0n) is 12.7. The van der Waals surface area contributed by atoms with Gasteiger partial charge in [0.2, 0.25) is 0 Å². The van der Waals surface area contributed by atoms with Gasteiger partial charge in [-0.15, -0.1) is 0 Å². The highest BCUT2D eigenvalue weighted by Crippen LogP contribution is 2.33. The highest BCUT2D eigenvalue weighted by atomic mass is 32.2. The first kappa shape index (κ1) is 17.3. The number of pyridine rings is 1. The molecule has 122 valence electrons. The maximum Gasteiger partial charge on any atom is 0.442 e. The van der Waals surface area contributed by atoms with Crippen molar-refractivity contribution < 1.29 is 13.2 Å². The number of aliphatic imine (C=N–C) groups is 1. The van der Waals surface area contributed by atoms with Gasteiger partial charge in [-0.2, -0.15) is 13.2 Å². The maximum absolute atomic E-state index is 12.3. The number of benzene rings is 1. The second-order valence-electron chi connectivity index (χ2n) is 4.68. The van der Waals surface area contributed by atoms with Crippen molar-refractivity contribution in [3.8, 4) is 0 Å². The van der Waals surface area contributed by atoms with E-state index in [1.165, 1.54) is 0 Å². The zero-order chi connectivity index (χ0) is 16.9. The summed E-state index contributed by atoms with van der Waals surface area (Å²) in [5.74, 6) is -0.186. The fourth-order valence-corrected chi connectivity index (χ4v) is 2.50. The van der Waals surface area contributed by atoms with Crippen molar-refractivity contribution in [1.82, 2.24) is 4.98 Å². The van der Waals surface area contributed by atoms with Crippen LogP contribution in [0.5, 0.6) is 0 Å². The van der Waals surface area contributed by atoms with Crippen molar-refractivity contribution in [2.75, 3.05) is 11.9 Å². The number of thioether (sulfide) groups is 1. The largest absolute Gasteiger partial charge is 0.442 e. The van der Waals surface area contributed by atoms with Gasteiger partial charge in [0, 0.05) is 30.1 Å². The molecule has 7 heteroatoms. The van der Waals surface area contributed by atoms with Crippen molar-refractivity contribution in [1.29, 1.82) is 0 Å². The SMILES string of the molecule is C/C=C/N(C=NC)c1ccc2nc(CSC(F)(F)F)ccc2c1. The molecule has 0 unspecified atom stereocenters. The van der Waals surface area contributed by atoms with Gasteiger partial charge in [0.25, 0.3) is 0 Å². The molecule has 1 aromatic heterocycles. The van der Waals surface area contributed by atoms with Crippen molar-refractivity contribution in [3.63, 3.8) is 0 Å². The number of alkyl halides is 3. The summed E-state index contributed by atoms with van der Waals surface area (Å²) in [4.78, 5) is 10.1. The molecule has 0 spiro atoms. The van der Waals surface area contributed by atoms with Crippen LogP contribution in [0.25, 0.3) is 10.9 Å². The van der Waals surface area contributed by atoms with Crippen LogP contribution >= 0.6 is 11.8 Å². The molecule has 0 amide bonds. The van der Waals surface area contributed by atoms with Gasteiger partial charge in [-0.1, -0.05) is 12.1 Å². The number of aromatic nitrogens is 1. The van der Waals surface area contributed by atoms with Crippen LogP contribution in [0.3, 0.4) is 0 Å². The lowest BCUT2D eigenvalue weighted by molar-refractivity contribution is -0.0329. The molecular weight excluding hydrogens is 323 g/mol. The average Bonchev–Trinajstić information content (AvgIpc) is 2.51. The molecule has 0 N–H and O–H groups in total. The summed E-state index contributed by atoms with van der Waals surface area (Å²) in [6.45, 7) is 1.91. The Morgan fingerprint density at radius 2 is 2.04 bits per heavy atom. The Bertz CT molecular complexity index is 714. The molecule has 0 bridgehead atoms. The maximum atomic E-state index is 12.3. The van der Waals surface area contributed by atoms with E-state index < -0.39 is 5.51 Å². The van der Waals surface area contributed by atoms with Crippen LogP contribution in [-0.2, 0) is 5.75 Å². The van der Waals surface area contributed by atoms with E-state index in [9.17, 15) is 13.2 Å². The van der Waals surface area contributed by atoms with E-state index in [2.05, 4.69) is 9.98 Å². The third-order valence-corrected chi connectivity index (χ3v) is 3.73. The van der Waals surface area contributed by atoms with E-state index in [4.69, 9.17) is 0 Å². The van der Waals surface area contributed by atoms with E-state index in [-0.39, 0.29) is 17.5 Å². The quantitative estimate of drug-likeness (QED) is 0.568. The van der Waals surface area contributed by atoms with Crippen molar-refractivity contribution in [2.24, 2.45) is 4.99 Å². The molecule has 0 aliphatic carbocycles. The molecule has 0 saturated carbocycles. The summed E-state index contributed by atoms with van der Waals surface area (Å²) in [6.07, 6.45) is 5.44.